The standard InChI is InChI=1S/C11H21NO/c1-9(2)10-4-5-11(8-13)12(3)7-6-10/h6,9,11,13H,4-5,7-8H2,1-3H3/t11-/m0/s1. The second-order valence-electron chi connectivity index (χ2n) is 4.25. The van der Waals surface area contributed by atoms with Crippen molar-refractivity contribution in [3.8, 4) is 0 Å². The topological polar surface area (TPSA) is 23.5 Å². The van der Waals surface area contributed by atoms with E-state index in [1.165, 1.54) is 0 Å². The average Bonchev–Trinajstić information content (AvgIpc) is 2.27. The Morgan fingerprint density at radius 2 is 2.31 bits per heavy atom. The van der Waals surface area contributed by atoms with Gasteiger partial charge in [0, 0.05) is 12.6 Å². The van der Waals surface area contributed by atoms with Gasteiger partial charge in [-0.25, -0.2) is 0 Å². The molecule has 0 bridgehead atoms. The first-order valence-electron chi connectivity index (χ1n) is 5.15. The lowest BCUT2D eigenvalue weighted by Crippen LogP contribution is -2.33. The van der Waals surface area contributed by atoms with Crippen molar-refractivity contribution in [3.05, 3.63) is 11.6 Å². The van der Waals surface area contributed by atoms with Gasteiger partial charge in [0.2, 0.25) is 0 Å². The molecule has 1 aliphatic heterocycles. The summed E-state index contributed by atoms with van der Waals surface area (Å²) in [7, 11) is 2.08. The van der Waals surface area contributed by atoms with Gasteiger partial charge in [-0.1, -0.05) is 25.5 Å². The summed E-state index contributed by atoms with van der Waals surface area (Å²) in [5.74, 6) is 0.658. The molecule has 0 spiro atoms. The minimum Gasteiger partial charge on any atom is -0.395 e. The summed E-state index contributed by atoms with van der Waals surface area (Å²) in [6.07, 6.45) is 4.56. The highest BCUT2D eigenvalue weighted by Gasteiger charge is 2.17. The minimum absolute atomic E-state index is 0.287. The molecule has 0 saturated carbocycles. The van der Waals surface area contributed by atoms with Crippen LogP contribution in [0.25, 0.3) is 0 Å². The maximum absolute atomic E-state index is 9.15. The number of likely N-dealkylation sites (N-methyl/N-ethyl adjacent to an activating group) is 1. The van der Waals surface area contributed by atoms with Crippen LogP contribution in [0.15, 0.2) is 11.6 Å². The van der Waals surface area contributed by atoms with Crippen molar-refractivity contribution in [2.45, 2.75) is 32.7 Å². The number of hydrogen-bond donors (Lipinski definition) is 1. The van der Waals surface area contributed by atoms with Crippen LogP contribution in [-0.2, 0) is 0 Å². The van der Waals surface area contributed by atoms with Gasteiger partial charge in [-0.15, -0.1) is 0 Å². The van der Waals surface area contributed by atoms with E-state index < -0.39 is 0 Å². The number of aliphatic hydroxyl groups is 1. The van der Waals surface area contributed by atoms with E-state index in [0.717, 1.165) is 19.4 Å². The van der Waals surface area contributed by atoms with Gasteiger partial charge in [-0.05, 0) is 25.8 Å². The molecule has 0 saturated heterocycles. The van der Waals surface area contributed by atoms with Crippen molar-refractivity contribution >= 4 is 0 Å². The molecule has 0 aromatic rings. The SMILES string of the molecule is CC(C)C1=CCN(C)[C@H](CO)CC1. The molecule has 0 fully saturated rings. The van der Waals surface area contributed by atoms with Crippen molar-refractivity contribution < 1.29 is 5.11 Å². The Morgan fingerprint density at radius 3 is 2.85 bits per heavy atom. The van der Waals surface area contributed by atoms with E-state index in [9.17, 15) is 0 Å². The maximum atomic E-state index is 9.15. The zero-order valence-electron chi connectivity index (χ0n) is 8.95. The number of hydrogen-bond acceptors (Lipinski definition) is 2. The second-order valence-corrected chi connectivity index (χ2v) is 4.25. The van der Waals surface area contributed by atoms with Gasteiger partial charge in [-0.3, -0.25) is 4.90 Å². The van der Waals surface area contributed by atoms with Crippen LogP contribution in [0.2, 0.25) is 0 Å². The normalized spacial score (nSPS) is 25.9. The first-order chi connectivity index (χ1) is 6.15. The van der Waals surface area contributed by atoms with Crippen LogP contribution in [-0.4, -0.2) is 36.2 Å². The van der Waals surface area contributed by atoms with E-state index in [2.05, 4.69) is 31.9 Å². The van der Waals surface area contributed by atoms with Gasteiger partial charge in [0.05, 0.1) is 6.61 Å². The smallest absolute Gasteiger partial charge is 0.0586 e. The summed E-state index contributed by atoms with van der Waals surface area (Å²) in [5, 5.41) is 9.15. The van der Waals surface area contributed by atoms with Gasteiger partial charge >= 0.3 is 0 Å². The molecule has 1 aliphatic rings. The first-order valence-corrected chi connectivity index (χ1v) is 5.15. The highest BCUT2D eigenvalue weighted by Crippen LogP contribution is 2.21. The molecule has 2 heteroatoms. The van der Waals surface area contributed by atoms with Crippen LogP contribution in [0.4, 0.5) is 0 Å². The fraction of sp³-hybridized carbons (Fsp3) is 0.818. The molecule has 0 radical (unpaired) electrons. The largest absolute Gasteiger partial charge is 0.395 e. The maximum Gasteiger partial charge on any atom is 0.0586 e. The monoisotopic (exact) mass is 183 g/mol. The summed E-state index contributed by atoms with van der Waals surface area (Å²) >= 11 is 0. The molecule has 1 N–H and O–H groups in total. The molecule has 0 amide bonds. The van der Waals surface area contributed by atoms with Gasteiger partial charge in [0.1, 0.15) is 0 Å². The summed E-state index contributed by atoms with van der Waals surface area (Å²) in [6.45, 7) is 5.75. The molecule has 76 valence electrons. The van der Waals surface area contributed by atoms with Crippen molar-refractivity contribution in [2.24, 2.45) is 5.92 Å². The Kier molecular flexibility index (Phi) is 3.94. The Balaban J connectivity index is 2.58. The Hall–Kier alpha value is -0.340. The third-order valence-electron chi connectivity index (χ3n) is 2.98. The predicted molar refractivity (Wildman–Crippen MR) is 55.7 cm³/mol. The zero-order valence-corrected chi connectivity index (χ0v) is 8.95. The molecule has 1 heterocycles. The van der Waals surface area contributed by atoms with E-state index >= 15 is 0 Å². The average molecular weight is 183 g/mol. The Morgan fingerprint density at radius 1 is 1.62 bits per heavy atom. The highest BCUT2D eigenvalue weighted by molar-refractivity contribution is 5.08. The molecule has 13 heavy (non-hydrogen) atoms. The predicted octanol–water partition coefficient (Wildman–Crippen LogP) is 1.66. The quantitative estimate of drug-likeness (QED) is 0.658. The first kappa shape index (κ1) is 10.7. The number of nitrogens with zero attached hydrogens (tertiary/aromatic N) is 1. The lowest BCUT2D eigenvalue weighted by atomic mass is 9.97. The van der Waals surface area contributed by atoms with Crippen LogP contribution in [0.3, 0.4) is 0 Å². The number of rotatable bonds is 2. The van der Waals surface area contributed by atoms with Crippen LogP contribution in [0.1, 0.15) is 26.7 Å². The minimum atomic E-state index is 0.287. The van der Waals surface area contributed by atoms with E-state index in [1.807, 2.05) is 0 Å². The van der Waals surface area contributed by atoms with E-state index in [4.69, 9.17) is 5.11 Å². The van der Waals surface area contributed by atoms with Crippen molar-refractivity contribution in [2.75, 3.05) is 20.2 Å². The Bertz CT molecular complexity index is 187. The lowest BCUT2D eigenvalue weighted by Gasteiger charge is -2.22. The zero-order chi connectivity index (χ0) is 9.84. The number of aliphatic hydroxyl groups excluding tert-OH is 1. The molecule has 2 nitrogen and oxygen atoms in total. The Labute approximate surface area is 81.2 Å². The highest BCUT2D eigenvalue weighted by atomic mass is 16.3. The fourth-order valence-corrected chi connectivity index (χ4v) is 1.82. The second kappa shape index (κ2) is 4.77. The molecule has 0 aromatic carbocycles. The molecule has 1 atom stereocenters. The van der Waals surface area contributed by atoms with Crippen LogP contribution in [0, 0.1) is 5.92 Å². The van der Waals surface area contributed by atoms with Crippen LogP contribution < -0.4 is 0 Å². The summed E-state index contributed by atoms with van der Waals surface area (Å²) < 4.78 is 0. The van der Waals surface area contributed by atoms with E-state index in [-0.39, 0.29) is 6.61 Å². The molecule has 0 aromatic heterocycles. The molecule has 0 aliphatic carbocycles. The molecular weight excluding hydrogens is 162 g/mol. The lowest BCUT2D eigenvalue weighted by molar-refractivity contribution is 0.153. The van der Waals surface area contributed by atoms with Gasteiger partial charge in [0.15, 0.2) is 0 Å². The van der Waals surface area contributed by atoms with Crippen molar-refractivity contribution in [1.29, 1.82) is 0 Å². The van der Waals surface area contributed by atoms with Gasteiger partial charge in [-0.2, -0.15) is 0 Å². The summed E-state index contributed by atoms with van der Waals surface area (Å²) in [5.41, 5.74) is 1.54. The molecule has 0 unspecified atom stereocenters. The van der Waals surface area contributed by atoms with Crippen molar-refractivity contribution in [1.82, 2.24) is 4.90 Å². The number of allylic oxidation sites excluding steroid dienone is 1. The fourth-order valence-electron chi connectivity index (χ4n) is 1.82. The van der Waals surface area contributed by atoms with Gasteiger partial charge < -0.3 is 5.11 Å². The van der Waals surface area contributed by atoms with E-state index in [1.54, 1.807) is 5.57 Å². The third-order valence-corrected chi connectivity index (χ3v) is 2.98. The van der Waals surface area contributed by atoms with Crippen molar-refractivity contribution in [3.63, 3.8) is 0 Å². The summed E-state index contributed by atoms with van der Waals surface area (Å²) in [6, 6.07) is 0.354. The van der Waals surface area contributed by atoms with Gasteiger partial charge in [0.25, 0.3) is 0 Å². The summed E-state index contributed by atoms with van der Waals surface area (Å²) in [4.78, 5) is 2.23. The van der Waals surface area contributed by atoms with Crippen LogP contribution >= 0.6 is 0 Å². The van der Waals surface area contributed by atoms with E-state index in [0.29, 0.717) is 12.0 Å². The van der Waals surface area contributed by atoms with Crippen LogP contribution in [0.5, 0.6) is 0 Å². The molecule has 1 rings (SSSR count). The third kappa shape index (κ3) is 2.82. The molecular formula is C11H21NO.